The molecule has 0 atom stereocenters. The first-order chi connectivity index (χ1) is 11.9. The number of phenolic OH excluding ortho intramolecular Hbond substituents is 3. The second-order valence-corrected chi connectivity index (χ2v) is 5.02. The Hall–Kier alpha value is -3.55. The van der Waals surface area contributed by atoms with Crippen molar-refractivity contribution >= 4 is 11.0 Å². The smallest absolute Gasteiger partial charge is 0.294 e. The summed E-state index contributed by atoms with van der Waals surface area (Å²) in [6, 6.07) is 6.43. The molecule has 0 aliphatic rings. The van der Waals surface area contributed by atoms with Crippen molar-refractivity contribution in [3.8, 4) is 40.4 Å². The van der Waals surface area contributed by atoms with Gasteiger partial charge in [0.2, 0.25) is 11.2 Å². The van der Waals surface area contributed by atoms with E-state index in [2.05, 4.69) is 0 Å². The number of hydrogen-bond donors (Lipinski definition) is 3. The number of fused-ring (bicyclic) bond motifs is 1. The number of ether oxygens (including phenoxy) is 3. The SMILES string of the molecule is COc1ccc(Oc2cc(=O)c3c(O)c(OC)c(O)cc3o2)cc1O. The topological polar surface area (TPSA) is 119 Å². The van der Waals surface area contributed by atoms with Gasteiger partial charge in [0.15, 0.2) is 23.0 Å². The highest BCUT2D eigenvalue weighted by Crippen LogP contribution is 2.41. The predicted octanol–water partition coefficient (Wildman–Crippen LogP) is 2.72. The van der Waals surface area contributed by atoms with E-state index in [1.807, 2.05) is 0 Å². The number of methoxy groups -OCH3 is 2. The van der Waals surface area contributed by atoms with Crippen molar-refractivity contribution in [1.29, 1.82) is 0 Å². The molecule has 0 saturated heterocycles. The molecule has 3 rings (SSSR count). The molecule has 0 amide bonds. The zero-order chi connectivity index (χ0) is 18.1. The lowest BCUT2D eigenvalue weighted by atomic mass is 10.2. The number of aromatic hydroxyl groups is 3. The minimum atomic E-state index is -0.593. The molecule has 0 fully saturated rings. The summed E-state index contributed by atoms with van der Waals surface area (Å²) >= 11 is 0. The lowest BCUT2D eigenvalue weighted by Gasteiger charge is -2.10. The molecule has 3 aromatic rings. The first-order valence-electron chi connectivity index (χ1n) is 7.06. The molecule has 0 saturated carbocycles. The second-order valence-electron chi connectivity index (χ2n) is 5.02. The maximum absolute atomic E-state index is 12.3. The van der Waals surface area contributed by atoms with E-state index in [9.17, 15) is 20.1 Å². The molecule has 3 N–H and O–H groups in total. The van der Waals surface area contributed by atoms with Gasteiger partial charge in [0.25, 0.3) is 5.95 Å². The van der Waals surface area contributed by atoms with E-state index in [4.69, 9.17) is 18.6 Å². The molecule has 0 bridgehead atoms. The van der Waals surface area contributed by atoms with E-state index in [1.54, 1.807) is 0 Å². The van der Waals surface area contributed by atoms with Crippen molar-refractivity contribution in [3.05, 3.63) is 40.6 Å². The van der Waals surface area contributed by atoms with Crippen LogP contribution in [0.4, 0.5) is 0 Å². The third-order valence-corrected chi connectivity index (χ3v) is 3.48. The van der Waals surface area contributed by atoms with Crippen LogP contribution in [0, 0.1) is 0 Å². The molecular weight excluding hydrogens is 332 g/mol. The minimum absolute atomic E-state index is 0.0870. The lowest BCUT2D eigenvalue weighted by molar-refractivity contribution is 0.337. The van der Waals surface area contributed by atoms with Gasteiger partial charge in [0.1, 0.15) is 16.7 Å². The fourth-order valence-corrected chi connectivity index (χ4v) is 2.35. The highest BCUT2D eigenvalue weighted by Gasteiger charge is 2.18. The van der Waals surface area contributed by atoms with Gasteiger partial charge in [-0.25, -0.2) is 0 Å². The molecule has 130 valence electrons. The Balaban J connectivity index is 2.07. The molecule has 0 unspecified atom stereocenters. The van der Waals surface area contributed by atoms with Gasteiger partial charge in [-0.3, -0.25) is 4.79 Å². The molecule has 1 heterocycles. The first-order valence-corrected chi connectivity index (χ1v) is 7.06. The highest BCUT2D eigenvalue weighted by atomic mass is 16.6. The molecule has 1 aromatic heterocycles. The van der Waals surface area contributed by atoms with Gasteiger partial charge in [0, 0.05) is 12.1 Å². The fourth-order valence-electron chi connectivity index (χ4n) is 2.35. The van der Waals surface area contributed by atoms with Gasteiger partial charge in [0.05, 0.1) is 20.3 Å². The fraction of sp³-hybridized carbons (Fsp3) is 0.118. The molecular formula is C17H14O8. The van der Waals surface area contributed by atoms with Crippen molar-refractivity contribution in [3.63, 3.8) is 0 Å². The van der Waals surface area contributed by atoms with E-state index in [-0.39, 0.29) is 39.9 Å². The van der Waals surface area contributed by atoms with Gasteiger partial charge < -0.3 is 33.9 Å². The lowest BCUT2D eigenvalue weighted by Crippen LogP contribution is -2.02. The Morgan fingerprint density at radius 3 is 2.36 bits per heavy atom. The largest absolute Gasteiger partial charge is 0.504 e. The summed E-state index contributed by atoms with van der Waals surface area (Å²) < 4.78 is 20.6. The predicted molar refractivity (Wildman–Crippen MR) is 87.1 cm³/mol. The zero-order valence-corrected chi connectivity index (χ0v) is 13.3. The van der Waals surface area contributed by atoms with Crippen LogP contribution in [0.2, 0.25) is 0 Å². The van der Waals surface area contributed by atoms with E-state index in [1.165, 1.54) is 32.4 Å². The van der Waals surface area contributed by atoms with Crippen molar-refractivity contribution < 1.29 is 33.9 Å². The second kappa shape index (κ2) is 6.16. The summed E-state index contributed by atoms with van der Waals surface area (Å²) in [5.41, 5.74) is -0.680. The summed E-state index contributed by atoms with van der Waals surface area (Å²) in [5.74, 6) is -1.03. The number of phenols is 3. The summed E-state index contributed by atoms with van der Waals surface area (Å²) in [5, 5.41) is 29.5. The van der Waals surface area contributed by atoms with E-state index in [0.717, 1.165) is 12.1 Å². The van der Waals surface area contributed by atoms with Crippen molar-refractivity contribution in [2.75, 3.05) is 14.2 Å². The normalized spacial score (nSPS) is 10.6. The van der Waals surface area contributed by atoms with Crippen LogP contribution >= 0.6 is 0 Å². The molecule has 8 nitrogen and oxygen atoms in total. The molecule has 0 spiro atoms. The van der Waals surface area contributed by atoms with Gasteiger partial charge in [-0.2, -0.15) is 0 Å². The van der Waals surface area contributed by atoms with Crippen LogP contribution in [0.1, 0.15) is 0 Å². The zero-order valence-electron chi connectivity index (χ0n) is 13.3. The molecule has 0 aliphatic heterocycles. The van der Waals surface area contributed by atoms with Gasteiger partial charge in [-0.05, 0) is 12.1 Å². The average Bonchev–Trinajstić information content (AvgIpc) is 2.54. The third-order valence-electron chi connectivity index (χ3n) is 3.48. The minimum Gasteiger partial charge on any atom is -0.504 e. The third kappa shape index (κ3) is 2.85. The Bertz CT molecular complexity index is 1010. The van der Waals surface area contributed by atoms with Gasteiger partial charge in [-0.15, -0.1) is 0 Å². The number of benzene rings is 2. The van der Waals surface area contributed by atoms with Crippen LogP contribution in [0.5, 0.6) is 40.4 Å². The summed E-state index contributed by atoms with van der Waals surface area (Å²) in [6.07, 6.45) is 0. The number of hydrogen-bond acceptors (Lipinski definition) is 8. The molecule has 0 aliphatic carbocycles. The van der Waals surface area contributed by atoms with E-state index in [0.29, 0.717) is 0 Å². The van der Waals surface area contributed by atoms with Crippen LogP contribution in [0.15, 0.2) is 39.5 Å². The molecule has 25 heavy (non-hydrogen) atoms. The van der Waals surface area contributed by atoms with Gasteiger partial charge in [-0.1, -0.05) is 0 Å². The van der Waals surface area contributed by atoms with Crippen LogP contribution in [0.3, 0.4) is 0 Å². The van der Waals surface area contributed by atoms with Crippen LogP contribution in [-0.2, 0) is 0 Å². The Morgan fingerprint density at radius 2 is 1.72 bits per heavy atom. The van der Waals surface area contributed by atoms with Crippen molar-refractivity contribution in [2.24, 2.45) is 0 Å². The van der Waals surface area contributed by atoms with E-state index >= 15 is 0 Å². The van der Waals surface area contributed by atoms with Crippen molar-refractivity contribution in [1.82, 2.24) is 0 Å². The average molecular weight is 346 g/mol. The van der Waals surface area contributed by atoms with Crippen LogP contribution in [-0.4, -0.2) is 29.5 Å². The van der Waals surface area contributed by atoms with Crippen LogP contribution in [0.25, 0.3) is 11.0 Å². The quantitative estimate of drug-likeness (QED) is 0.660. The standard InChI is InChI=1S/C17H14O8/c1-22-12-4-3-8(5-9(12)18)24-14-7-10(19)15-13(25-14)6-11(20)17(23-2)16(15)21/h3-7,18,20-21H,1-2H3. The van der Waals surface area contributed by atoms with Crippen molar-refractivity contribution in [2.45, 2.75) is 0 Å². The number of rotatable bonds is 4. The maximum Gasteiger partial charge on any atom is 0.294 e. The Morgan fingerprint density at radius 1 is 0.960 bits per heavy atom. The summed E-state index contributed by atoms with van der Waals surface area (Å²) in [6.45, 7) is 0. The van der Waals surface area contributed by atoms with Crippen LogP contribution < -0.4 is 19.6 Å². The Kier molecular flexibility index (Phi) is 4.02. The molecule has 2 aromatic carbocycles. The summed E-state index contributed by atoms with van der Waals surface area (Å²) in [4.78, 5) is 12.3. The Labute approximate surface area is 141 Å². The molecule has 8 heteroatoms. The maximum atomic E-state index is 12.3. The summed E-state index contributed by atoms with van der Waals surface area (Å²) in [7, 11) is 2.65. The molecule has 0 radical (unpaired) electrons. The highest BCUT2D eigenvalue weighted by molar-refractivity contribution is 5.88. The van der Waals surface area contributed by atoms with E-state index < -0.39 is 16.9 Å². The first kappa shape index (κ1) is 16.3. The monoisotopic (exact) mass is 346 g/mol. The van der Waals surface area contributed by atoms with Gasteiger partial charge >= 0.3 is 0 Å².